The largest absolute Gasteiger partial charge is 0.306 e. The molecule has 0 bridgehead atoms. The van der Waals surface area contributed by atoms with Gasteiger partial charge in [0, 0.05) is 30.7 Å². The molecule has 0 saturated carbocycles. The van der Waals surface area contributed by atoms with Gasteiger partial charge in [-0.1, -0.05) is 18.2 Å². The summed E-state index contributed by atoms with van der Waals surface area (Å²) in [6.45, 7) is 4.74. The first kappa shape index (κ1) is 15.7. The lowest BCUT2D eigenvalue weighted by atomic mass is 10.1. The van der Waals surface area contributed by atoms with Gasteiger partial charge in [0.05, 0.1) is 4.90 Å². The molecule has 0 amide bonds. The second-order valence-electron chi connectivity index (χ2n) is 5.25. The molecule has 2 aromatic rings. The van der Waals surface area contributed by atoms with Gasteiger partial charge in [0.1, 0.15) is 0 Å². The van der Waals surface area contributed by atoms with Crippen molar-refractivity contribution < 1.29 is 8.42 Å². The highest BCUT2D eigenvalue weighted by Crippen LogP contribution is 2.16. The summed E-state index contributed by atoms with van der Waals surface area (Å²) in [6.07, 6.45) is 3.08. The Balaban J connectivity index is 2.00. The molecule has 0 saturated heterocycles. The highest BCUT2D eigenvalue weighted by atomic mass is 32.2. The first-order chi connectivity index (χ1) is 9.86. The Hall–Kier alpha value is -1.72. The molecule has 1 unspecified atom stereocenters. The van der Waals surface area contributed by atoms with Gasteiger partial charge in [-0.05, 0) is 43.2 Å². The van der Waals surface area contributed by atoms with Crippen LogP contribution in [0.3, 0.4) is 0 Å². The topological polar surface area (TPSA) is 59.1 Å². The second-order valence-corrected chi connectivity index (χ2v) is 7.27. The molecule has 0 aliphatic heterocycles. The van der Waals surface area contributed by atoms with Crippen LogP contribution < -0.4 is 5.32 Å². The molecule has 0 aliphatic rings. The number of benzene rings is 1. The average molecular weight is 304 g/mol. The van der Waals surface area contributed by atoms with Gasteiger partial charge in [-0.25, -0.2) is 8.42 Å². The quantitative estimate of drug-likeness (QED) is 0.922. The molecule has 1 N–H and O–H groups in total. The predicted molar refractivity (Wildman–Crippen MR) is 83.8 cm³/mol. The van der Waals surface area contributed by atoms with Crippen LogP contribution in [-0.4, -0.2) is 19.7 Å². The van der Waals surface area contributed by atoms with Gasteiger partial charge < -0.3 is 5.32 Å². The van der Waals surface area contributed by atoms with E-state index in [2.05, 4.69) is 23.3 Å². The minimum atomic E-state index is -3.13. The van der Waals surface area contributed by atoms with Crippen LogP contribution in [0.5, 0.6) is 0 Å². The molecule has 0 spiro atoms. The summed E-state index contributed by atoms with van der Waals surface area (Å²) in [6, 6.07) is 11.2. The standard InChI is InChI=1S/C16H20N2O2S/c1-12-4-5-14(10-17-12)11-18-13(2)15-6-8-16(9-7-15)21(3,19)20/h4-10,13,18H,11H2,1-3H3. The SMILES string of the molecule is Cc1ccc(CNC(C)c2ccc(S(C)(=O)=O)cc2)cn1. The lowest BCUT2D eigenvalue weighted by molar-refractivity contribution is 0.573. The van der Waals surface area contributed by atoms with E-state index >= 15 is 0 Å². The Bertz CT molecular complexity index is 692. The molecule has 0 aliphatic carbocycles. The lowest BCUT2D eigenvalue weighted by Crippen LogP contribution is -2.18. The average Bonchev–Trinajstić information content (AvgIpc) is 2.45. The fourth-order valence-electron chi connectivity index (χ4n) is 2.00. The maximum atomic E-state index is 11.4. The van der Waals surface area contributed by atoms with E-state index in [9.17, 15) is 8.42 Å². The van der Waals surface area contributed by atoms with Gasteiger partial charge in [0.15, 0.2) is 9.84 Å². The summed E-state index contributed by atoms with van der Waals surface area (Å²) in [5, 5.41) is 3.40. The third kappa shape index (κ3) is 4.37. The summed E-state index contributed by atoms with van der Waals surface area (Å²) >= 11 is 0. The summed E-state index contributed by atoms with van der Waals surface area (Å²) in [5.41, 5.74) is 3.19. The van der Waals surface area contributed by atoms with Crippen molar-refractivity contribution in [2.45, 2.75) is 31.3 Å². The fourth-order valence-corrected chi connectivity index (χ4v) is 2.63. The van der Waals surface area contributed by atoms with Gasteiger partial charge >= 0.3 is 0 Å². The lowest BCUT2D eigenvalue weighted by Gasteiger charge is -2.14. The zero-order chi connectivity index (χ0) is 15.5. The van der Waals surface area contributed by atoms with Gasteiger partial charge in [0.25, 0.3) is 0 Å². The molecule has 1 atom stereocenters. The number of hydrogen-bond acceptors (Lipinski definition) is 4. The van der Waals surface area contributed by atoms with Crippen molar-refractivity contribution in [3.8, 4) is 0 Å². The number of aromatic nitrogens is 1. The van der Waals surface area contributed by atoms with Crippen molar-refractivity contribution in [1.29, 1.82) is 0 Å². The number of rotatable bonds is 5. The van der Waals surface area contributed by atoms with E-state index in [0.29, 0.717) is 4.90 Å². The van der Waals surface area contributed by atoms with Crippen LogP contribution in [0.4, 0.5) is 0 Å². The number of aryl methyl sites for hydroxylation is 1. The van der Waals surface area contributed by atoms with Gasteiger partial charge in [-0.2, -0.15) is 0 Å². The van der Waals surface area contributed by atoms with Gasteiger partial charge in [-0.15, -0.1) is 0 Å². The first-order valence-corrected chi connectivity index (χ1v) is 8.70. The molecule has 1 aromatic carbocycles. The molecule has 1 heterocycles. The maximum Gasteiger partial charge on any atom is 0.175 e. The van der Waals surface area contributed by atoms with E-state index in [4.69, 9.17) is 0 Å². The summed E-state index contributed by atoms with van der Waals surface area (Å²) in [7, 11) is -3.13. The molecule has 2 rings (SSSR count). The Morgan fingerprint density at radius 1 is 1.14 bits per heavy atom. The number of nitrogens with one attached hydrogen (secondary N) is 1. The van der Waals surface area contributed by atoms with Crippen LogP contribution in [0, 0.1) is 6.92 Å². The molecule has 4 nitrogen and oxygen atoms in total. The number of pyridine rings is 1. The molecule has 112 valence electrons. The minimum Gasteiger partial charge on any atom is -0.306 e. The third-order valence-corrected chi connectivity index (χ3v) is 4.52. The smallest absolute Gasteiger partial charge is 0.175 e. The number of nitrogens with zero attached hydrogens (tertiary/aromatic N) is 1. The van der Waals surface area contributed by atoms with Crippen molar-refractivity contribution in [2.75, 3.05) is 6.26 Å². The van der Waals surface area contributed by atoms with Crippen LogP contribution in [0.15, 0.2) is 47.5 Å². The Labute approximate surface area is 126 Å². The van der Waals surface area contributed by atoms with E-state index in [1.165, 1.54) is 6.26 Å². The van der Waals surface area contributed by atoms with Crippen LogP contribution in [-0.2, 0) is 16.4 Å². The second kappa shape index (κ2) is 6.37. The van der Waals surface area contributed by atoms with Crippen molar-refractivity contribution in [2.24, 2.45) is 0 Å². The van der Waals surface area contributed by atoms with Crippen molar-refractivity contribution in [1.82, 2.24) is 10.3 Å². The molecular formula is C16H20N2O2S. The molecule has 1 aromatic heterocycles. The zero-order valence-corrected chi connectivity index (χ0v) is 13.3. The molecular weight excluding hydrogens is 284 g/mol. The maximum absolute atomic E-state index is 11.4. The summed E-state index contributed by atoms with van der Waals surface area (Å²) in [5.74, 6) is 0. The summed E-state index contributed by atoms with van der Waals surface area (Å²) in [4.78, 5) is 4.61. The minimum absolute atomic E-state index is 0.139. The van der Waals surface area contributed by atoms with E-state index in [1.807, 2.05) is 31.3 Å². The molecule has 5 heteroatoms. The van der Waals surface area contributed by atoms with Gasteiger partial charge in [-0.3, -0.25) is 4.98 Å². The Kier molecular flexibility index (Phi) is 4.75. The normalized spacial score (nSPS) is 13.1. The predicted octanol–water partition coefficient (Wildman–Crippen LogP) is 2.64. The molecule has 21 heavy (non-hydrogen) atoms. The van der Waals surface area contributed by atoms with Crippen LogP contribution in [0.25, 0.3) is 0 Å². The Morgan fingerprint density at radius 3 is 2.33 bits per heavy atom. The third-order valence-electron chi connectivity index (χ3n) is 3.39. The van der Waals surface area contributed by atoms with Crippen LogP contribution in [0.2, 0.25) is 0 Å². The number of sulfone groups is 1. The first-order valence-electron chi connectivity index (χ1n) is 6.81. The van der Waals surface area contributed by atoms with E-state index in [-0.39, 0.29) is 6.04 Å². The van der Waals surface area contributed by atoms with E-state index in [1.54, 1.807) is 12.1 Å². The molecule has 0 fully saturated rings. The van der Waals surface area contributed by atoms with Crippen molar-refractivity contribution in [3.63, 3.8) is 0 Å². The fraction of sp³-hybridized carbons (Fsp3) is 0.312. The van der Waals surface area contributed by atoms with E-state index in [0.717, 1.165) is 23.4 Å². The highest BCUT2D eigenvalue weighted by Gasteiger charge is 2.09. The Morgan fingerprint density at radius 2 is 1.81 bits per heavy atom. The van der Waals surface area contributed by atoms with Crippen LogP contribution >= 0.6 is 0 Å². The highest BCUT2D eigenvalue weighted by molar-refractivity contribution is 7.90. The van der Waals surface area contributed by atoms with E-state index < -0.39 is 9.84 Å². The van der Waals surface area contributed by atoms with Gasteiger partial charge in [0.2, 0.25) is 0 Å². The van der Waals surface area contributed by atoms with Crippen LogP contribution in [0.1, 0.15) is 29.8 Å². The summed E-state index contributed by atoms with van der Waals surface area (Å²) < 4.78 is 22.9. The van der Waals surface area contributed by atoms with Crippen molar-refractivity contribution in [3.05, 3.63) is 59.4 Å². The van der Waals surface area contributed by atoms with Crippen molar-refractivity contribution >= 4 is 9.84 Å². The number of hydrogen-bond donors (Lipinski definition) is 1. The molecule has 0 radical (unpaired) electrons. The zero-order valence-electron chi connectivity index (χ0n) is 12.5. The monoisotopic (exact) mass is 304 g/mol.